The molecular weight excluding hydrogens is 810 g/mol. The standard InChI is InChI=1S/C48H81N3O2.C2H2O4.CH3.Co/c1-17-21-23-41(37-31-35(45(5,6)7)33-39(43(37)52)47(11,12)13)49-25-26-50-42(24-22-30-51(27-18-2,28-19-3)29-20-4)38-32-36(46(8,9)10)34-40(44(38)53)48(14,15)16;3-1(4)2(5)6;;/h31-34H,17-30H2,1-16H3,(H-,49,50,52,53);(H,3,4)(H,5,6);1H3;/q;;-1;/p+1. The summed E-state index contributed by atoms with van der Waals surface area (Å²) in [7, 11) is 0. The summed E-state index contributed by atoms with van der Waals surface area (Å²) >= 11 is 0. The van der Waals surface area contributed by atoms with Gasteiger partial charge in [-0.05, 0) is 83.4 Å². The fourth-order valence-electron chi connectivity index (χ4n) is 7.71. The third kappa shape index (κ3) is 19.0. The van der Waals surface area contributed by atoms with Crippen LogP contribution in [0.5, 0.6) is 11.5 Å². The molecule has 0 aromatic heterocycles. The molecule has 0 fully saturated rings. The SMILES string of the molecule is CCCCC(=NCCN=C(CCC[N+](CCC)(CCC)CCC)c1cc(C(C)(C)C)cc(C(C)(C)C)c1O)c1cc(C(C)(C)C)cc(C(C)(C)C)c1O.O=C(O)C(=O)O.[CH3-].[Co]. The van der Waals surface area contributed by atoms with Crippen LogP contribution in [0.2, 0.25) is 0 Å². The number of unbranched alkanes of at least 4 members (excludes halogenated alkanes) is 1. The van der Waals surface area contributed by atoms with Crippen LogP contribution in [0.25, 0.3) is 0 Å². The van der Waals surface area contributed by atoms with Crippen molar-refractivity contribution in [2.24, 2.45) is 9.98 Å². The van der Waals surface area contributed by atoms with Crippen molar-refractivity contribution in [1.82, 2.24) is 0 Å². The molecule has 0 saturated heterocycles. The Hall–Kier alpha value is -3.21. The Morgan fingerprint density at radius 1 is 0.525 bits per heavy atom. The molecular formula is C51H87CoN3O6. The predicted octanol–water partition coefficient (Wildman–Crippen LogP) is 12.2. The second-order valence-corrected chi connectivity index (χ2v) is 20.6. The van der Waals surface area contributed by atoms with E-state index >= 15 is 0 Å². The van der Waals surface area contributed by atoms with Crippen LogP contribution in [0.3, 0.4) is 0 Å². The number of aliphatic imine (C=N–C) groups is 2. The van der Waals surface area contributed by atoms with E-state index in [0.29, 0.717) is 24.6 Å². The maximum absolute atomic E-state index is 12.0. The Morgan fingerprint density at radius 2 is 0.852 bits per heavy atom. The molecule has 2 aromatic carbocycles. The van der Waals surface area contributed by atoms with Gasteiger partial charge in [0.15, 0.2) is 0 Å². The molecule has 61 heavy (non-hydrogen) atoms. The molecule has 0 unspecified atom stereocenters. The quantitative estimate of drug-likeness (QED) is 0.0386. The van der Waals surface area contributed by atoms with Crippen molar-refractivity contribution in [1.29, 1.82) is 0 Å². The molecule has 351 valence electrons. The van der Waals surface area contributed by atoms with E-state index in [0.717, 1.165) is 76.8 Å². The Bertz CT molecular complexity index is 1710. The number of rotatable bonds is 18. The minimum Gasteiger partial charge on any atom is -0.507 e. The second kappa shape index (κ2) is 25.8. The number of aliphatic carboxylic acids is 2. The van der Waals surface area contributed by atoms with Gasteiger partial charge in [-0.15, -0.1) is 0 Å². The molecule has 0 aliphatic carbocycles. The Morgan fingerprint density at radius 3 is 1.11 bits per heavy atom. The third-order valence-electron chi connectivity index (χ3n) is 11.0. The maximum atomic E-state index is 12.0. The largest absolute Gasteiger partial charge is 0.507 e. The molecule has 0 bridgehead atoms. The van der Waals surface area contributed by atoms with Crippen LogP contribution in [0.1, 0.15) is 196 Å². The van der Waals surface area contributed by atoms with Gasteiger partial charge in [-0.25, -0.2) is 9.59 Å². The number of quaternary nitrogens is 1. The van der Waals surface area contributed by atoms with Crippen LogP contribution < -0.4 is 0 Å². The summed E-state index contributed by atoms with van der Waals surface area (Å²) in [5.74, 6) is -2.92. The number of carboxylic acid groups (broad SMARTS) is 2. The number of hydrogen-bond donors (Lipinski definition) is 4. The first kappa shape index (κ1) is 59.9. The topological polar surface area (TPSA) is 140 Å². The van der Waals surface area contributed by atoms with Gasteiger partial charge in [0.2, 0.25) is 0 Å². The molecule has 9 nitrogen and oxygen atoms in total. The van der Waals surface area contributed by atoms with Crippen molar-refractivity contribution >= 4 is 23.4 Å². The van der Waals surface area contributed by atoms with Gasteiger partial charge in [0.1, 0.15) is 11.5 Å². The van der Waals surface area contributed by atoms with Gasteiger partial charge in [0, 0.05) is 56.9 Å². The molecule has 0 atom stereocenters. The maximum Gasteiger partial charge on any atom is 0.414 e. The molecule has 0 heterocycles. The van der Waals surface area contributed by atoms with E-state index in [2.05, 4.69) is 135 Å². The van der Waals surface area contributed by atoms with E-state index in [1.54, 1.807) is 0 Å². The summed E-state index contributed by atoms with van der Waals surface area (Å²) in [4.78, 5) is 28.7. The summed E-state index contributed by atoms with van der Waals surface area (Å²) < 4.78 is 1.16. The second-order valence-electron chi connectivity index (χ2n) is 20.6. The number of phenolic OH excluding ortho intramolecular Hbond substituents is 2. The van der Waals surface area contributed by atoms with Crippen molar-refractivity contribution in [2.45, 2.75) is 184 Å². The van der Waals surface area contributed by atoms with Crippen molar-refractivity contribution in [3.05, 3.63) is 65.1 Å². The molecule has 2 aromatic rings. The Balaban J connectivity index is 0. The van der Waals surface area contributed by atoms with E-state index in [9.17, 15) is 10.2 Å². The first-order valence-electron chi connectivity index (χ1n) is 22.2. The molecule has 0 saturated carbocycles. The van der Waals surface area contributed by atoms with Crippen molar-refractivity contribution in [3.63, 3.8) is 0 Å². The molecule has 1 radical (unpaired) electrons. The van der Waals surface area contributed by atoms with Crippen LogP contribution in [0.15, 0.2) is 34.3 Å². The Kier molecular flexibility index (Phi) is 25.3. The van der Waals surface area contributed by atoms with Crippen molar-refractivity contribution < 1.29 is 51.3 Å². The van der Waals surface area contributed by atoms with Crippen LogP contribution in [0.4, 0.5) is 0 Å². The van der Waals surface area contributed by atoms with E-state index in [4.69, 9.17) is 29.8 Å². The molecule has 10 heteroatoms. The zero-order valence-electron chi connectivity index (χ0n) is 41.5. The molecule has 4 N–H and O–H groups in total. The van der Waals surface area contributed by atoms with E-state index in [1.807, 2.05) is 0 Å². The fraction of sp³-hybridized carbons (Fsp3) is 0.667. The minimum atomic E-state index is -1.82. The number of hydrogen-bond acceptors (Lipinski definition) is 6. The van der Waals surface area contributed by atoms with Gasteiger partial charge in [0.25, 0.3) is 0 Å². The molecule has 0 amide bonds. The number of aromatic hydroxyl groups is 2. The number of carboxylic acids is 2. The smallest absolute Gasteiger partial charge is 0.414 e. The predicted molar refractivity (Wildman–Crippen MR) is 255 cm³/mol. The van der Waals surface area contributed by atoms with E-state index in [1.165, 1.54) is 50.0 Å². The zero-order valence-corrected chi connectivity index (χ0v) is 42.5. The van der Waals surface area contributed by atoms with Gasteiger partial charge >= 0.3 is 11.9 Å². The third-order valence-corrected chi connectivity index (χ3v) is 11.0. The van der Waals surface area contributed by atoms with E-state index < -0.39 is 11.9 Å². The van der Waals surface area contributed by atoms with Gasteiger partial charge in [-0.2, -0.15) is 0 Å². The van der Waals surface area contributed by atoms with Crippen LogP contribution in [0, 0.1) is 7.43 Å². The monoisotopic (exact) mass is 897 g/mol. The first-order valence-corrected chi connectivity index (χ1v) is 22.2. The van der Waals surface area contributed by atoms with Crippen molar-refractivity contribution in [3.8, 4) is 11.5 Å². The summed E-state index contributed by atoms with van der Waals surface area (Å²) in [6.45, 7) is 41.5. The van der Waals surface area contributed by atoms with E-state index in [-0.39, 0.29) is 45.9 Å². The number of nitrogens with zero attached hydrogens (tertiary/aromatic N) is 3. The average Bonchev–Trinajstić information content (AvgIpc) is 3.09. The molecule has 0 aliphatic heterocycles. The van der Waals surface area contributed by atoms with Crippen LogP contribution in [-0.2, 0) is 48.0 Å². The normalized spacial score (nSPS) is 12.9. The summed E-state index contributed by atoms with van der Waals surface area (Å²) in [5.41, 5.74) is 7.52. The van der Waals surface area contributed by atoms with Crippen LogP contribution in [-0.4, -0.2) is 87.5 Å². The van der Waals surface area contributed by atoms with Gasteiger partial charge in [-0.1, -0.05) is 129 Å². The van der Waals surface area contributed by atoms with Crippen molar-refractivity contribution in [2.75, 3.05) is 39.3 Å². The summed E-state index contributed by atoms with van der Waals surface area (Å²) in [6.07, 6.45) is 8.28. The summed E-state index contributed by atoms with van der Waals surface area (Å²) in [5, 5.41) is 38.5. The molecule has 0 aliphatic rings. The molecule has 0 spiro atoms. The number of carbonyl (C=O) groups is 2. The number of phenols is 2. The van der Waals surface area contributed by atoms with Gasteiger partial charge < -0.3 is 32.3 Å². The minimum absolute atomic E-state index is 0. The van der Waals surface area contributed by atoms with Gasteiger partial charge in [-0.3, -0.25) is 9.98 Å². The number of benzene rings is 2. The average molecular weight is 897 g/mol. The summed E-state index contributed by atoms with van der Waals surface area (Å²) in [6, 6.07) is 8.77. The molecule has 2 rings (SSSR count). The van der Waals surface area contributed by atoms with Crippen LogP contribution >= 0.6 is 0 Å². The fourth-order valence-corrected chi connectivity index (χ4v) is 7.71. The zero-order chi connectivity index (χ0) is 45.6. The Labute approximate surface area is 382 Å². The first-order chi connectivity index (χ1) is 27.1. The van der Waals surface area contributed by atoms with Gasteiger partial charge in [0.05, 0.1) is 39.3 Å².